The van der Waals surface area contributed by atoms with Crippen LogP contribution < -0.4 is 9.47 Å². The lowest BCUT2D eigenvalue weighted by atomic mass is 10.0. The van der Waals surface area contributed by atoms with Crippen molar-refractivity contribution in [2.75, 3.05) is 14.2 Å². The summed E-state index contributed by atoms with van der Waals surface area (Å²) in [5.41, 5.74) is 0.612. The zero-order valence-electron chi connectivity index (χ0n) is 9.33. The smallest absolute Gasteiger partial charge is 0.337 e. The quantitative estimate of drug-likeness (QED) is 0.885. The maximum Gasteiger partial charge on any atom is 0.337 e. The predicted octanol–water partition coefficient (Wildman–Crippen LogP) is 2.62. The molecular weight excluding hydrogens is 232 g/mol. The minimum absolute atomic E-state index is 0.0711. The summed E-state index contributed by atoms with van der Waals surface area (Å²) in [6, 6.07) is 1.45. The minimum Gasteiger partial charge on any atom is -0.493 e. The van der Waals surface area contributed by atoms with Gasteiger partial charge in [0, 0.05) is 11.6 Å². The summed E-state index contributed by atoms with van der Waals surface area (Å²) in [5.74, 6) is -0.205. The van der Waals surface area contributed by atoms with Crippen LogP contribution in [0.5, 0.6) is 11.5 Å². The van der Waals surface area contributed by atoms with Gasteiger partial charge in [-0.15, -0.1) is 0 Å². The molecule has 0 fully saturated rings. The second-order valence-corrected chi connectivity index (χ2v) is 3.51. The van der Waals surface area contributed by atoms with Crippen LogP contribution in [0.4, 0.5) is 0 Å². The van der Waals surface area contributed by atoms with Gasteiger partial charge in [-0.25, -0.2) is 4.79 Å². The number of carbonyl (C=O) groups is 1. The molecule has 1 aromatic rings. The first-order valence-corrected chi connectivity index (χ1v) is 5.11. The molecule has 0 radical (unpaired) electrons. The van der Waals surface area contributed by atoms with Crippen molar-refractivity contribution >= 4 is 17.6 Å². The van der Waals surface area contributed by atoms with Gasteiger partial charge in [0.2, 0.25) is 0 Å². The molecule has 1 N–H and O–H groups in total. The molecule has 88 valence electrons. The fraction of sp³-hybridized carbons (Fsp3) is 0.364. The van der Waals surface area contributed by atoms with Gasteiger partial charge in [-0.3, -0.25) is 0 Å². The van der Waals surface area contributed by atoms with Crippen LogP contribution in [-0.4, -0.2) is 25.3 Å². The molecule has 0 aliphatic carbocycles. The summed E-state index contributed by atoms with van der Waals surface area (Å²) in [6.07, 6.45) is 0.502. The molecule has 0 saturated carbocycles. The molecule has 5 heteroatoms. The number of aromatic carboxylic acids is 1. The van der Waals surface area contributed by atoms with E-state index in [1.54, 1.807) is 0 Å². The van der Waals surface area contributed by atoms with E-state index in [2.05, 4.69) is 0 Å². The van der Waals surface area contributed by atoms with Crippen LogP contribution in [0.15, 0.2) is 6.07 Å². The summed E-state index contributed by atoms with van der Waals surface area (Å²) in [7, 11) is 2.95. The highest BCUT2D eigenvalue weighted by Crippen LogP contribution is 2.38. The Morgan fingerprint density at radius 2 is 2.06 bits per heavy atom. The third-order valence-electron chi connectivity index (χ3n) is 2.29. The highest BCUT2D eigenvalue weighted by Gasteiger charge is 2.21. The van der Waals surface area contributed by atoms with Gasteiger partial charge in [-0.1, -0.05) is 18.5 Å². The van der Waals surface area contributed by atoms with Gasteiger partial charge < -0.3 is 14.6 Å². The van der Waals surface area contributed by atoms with Crippen LogP contribution in [0.2, 0.25) is 5.02 Å². The highest BCUT2D eigenvalue weighted by molar-refractivity contribution is 6.34. The molecule has 4 nitrogen and oxygen atoms in total. The Hall–Kier alpha value is -1.42. The molecule has 0 atom stereocenters. The number of hydrogen-bond donors (Lipinski definition) is 1. The predicted molar refractivity (Wildman–Crippen MR) is 60.9 cm³/mol. The first-order valence-electron chi connectivity index (χ1n) is 4.73. The Labute approximate surface area is 98.7 Å². The third-order valence-corrected chi connectivity index (χ3v) is 2.59. The van der Waals surface area contributed by atoms with Gasteiger partial charge in [0.15, 0.2) is 11.5 Å². The van der Waals surface area contributed by atoms with Crippen LogP contribution in [0.1, 0.15) is 22.8 Å². The van der Waals surface area contributed by atoms with Crippen LogP contribution >= 0.6 is 11.6 Å². The number of carboxylic acid groups (broad SMARTS) is 1. The second-order valence-electron chi connectivity index (χ2n) is 3.11. The Morgan fingerprint density at radius 3 is 2.44 bits per heavy atom. The molecule has 0 aliphatic heterocycles. The molecule has 0 spiro atoms. The van der Waals surface area contributed by atoms with Gasteiger partial charge in [-0.2, -0.15) is 0 Å². The molecule has 0 saturated heterocycles. The summed E-state index contributed by atoms with van der Waals surface area (Å²) >= 11 is 5.90. The van der Waals surface area contributed by atoms with Gasteiger partial charge in [0.25, 0.3) is 0 Å². The lowest BCUT2D eigenvalue weighted by molar-refractivity contribution is 0.0695. The first kappa shape index (κ1) is 12.6. The fourth-order valence-electron chi connectivity index (χ4n) is 1.60. The molecule has 1 rings (SSSR count). The van der Waals surface area contributed by atoms with Gasteiger partial charge in [0.1, 0.15) is 0 Å². The van der Waals surface area contributed by atoms with E-state index in [0.717, 1.165) is 0 Å². The molecule has 1 aromatic carbocycles. The number of ether oxygens (including phenoxy) is 2. The molecule has 0 unspecified atom stereocenters. The van der Waals surface area contributed by atoms with Crippen molar-refractivity contribution in [3.63, 3.8) is 0 Å². The van der Waals surface area contributed by atoms with E-state index in [1.165, 1.54) is 20.3 Å². The summed E-state index contributed by atoms with van der Waals surface area (Å²) in [5, 5.41) is 9.23. The Bertz CT molecular complexity index is 415. The van der Waals surface area contributed by atoms with Crippen LogP contribution in [-0.2, 0) is 6.42 Å². The Kier molecular flexibility index (Phi) is 4.01. The summed E-state index contributed by atoms with van der Waals surface area (Å²) in [4.78, 5) is 11.1. The van der Waals surface area contributed by atoms with Crippen molar-refractivity contribution in [2.45, 2.75) is 13.3 Å². The van der Waals surface area contributed by atoms with Gasteiger partial charge in [-0.05, 0) is 6.42 Å². The minimum atomic E-state index is -1.07. The number of rotatable bonds is 4. The van der Waals surface area contributed by atoms with E-state index >= 15 is 0 Å². The van der Waals surface area contributed by atoms with Crippen molar-refractivity contribution < 1.29 is 19.4 Å². The summed E-state index contributed by atoms with van der Waals surface area (Å²) < 4.78 is 10.2. The number of hydrogen-bond acceptors (Lipinski definition) is 3. The first-order chi connectivity index (χ1) is 7.56. The number of halogens is 1. The molecule has 0 heterocycles. The van der Waals surface area contributed by atoms with E-state index < -0.39 is 5.97 Å². The Morgan fingerprint density at radius 1 is 1.44 bits per heavy atom. The lowest BCUT2D eigenvalue weighted by Crippen LogP contribution is -2.06. The SMILES string of the molecule is CCc1c(OC)c(OC)cc(Cl)c1C(=O)O. The zero-order valence-corrected chi connectivity index (χ0v) is 10.1. The van der Waals surface area contributed by atoms with Crippen LogP contribution in [0.3, 0.4) is 0 Å². The van der Waals surface area contributed by atoms with E-state index in [0.29, 0.717) is 23.5 Å². The molecular formula is C11H13ClO4. The lowest BCUT2D eigenvalue weighted by Gasteiger charge is -2.15. The largest absolute Gasteiger partial charge is 0.493 e. The molecule has 0 aromatic heterocycles. The molecule has 0 aliphatic rings. The maximum atomic E-state index is 11.1. The molecule has 0 amide bonds. The van der Waals surface area contributed by atoms with Crippen molar-refractivity contribution in [3.8, 4) is 11.5 Å². The second kappa shape index (κ2) is 5.07. The standard InChI is InChI=1S/C11H13ClO4/c1-4-6-9(11(13)14)7(12)5-8(15-2)10(6)16-3/h5H,4H2,1-3H3,(H,13,14). The zero-order chi connectivity index (χ0) is 12.3. The third kappa shape index (κ3) is 2.07. The normalized spacial score (nSPS) is 10.0. The van der Waals surface area contributed by atoms with E-state index in [1.807, 2.05) is 6.92 Å². The molecule has 0 bridgehead atoms. The van der Waals surface area contributed by atoms with Crippen molar-refractivity contribution in [2.24, 2.45) is 0 Å². The van der Waals surface area contributed by atoms with E-state index in [-0.39, 0.29) is 10.6 Å². The molecule has 16 heavy (non-hydrogen) atoms. The van der Waals surface area contributed by atoms with Crippen molar-refractivity contribution in [3.05, 3.63) is 22.2 Å². The van der Waals surface area contributed by atoms with Gasteiger partial charge >= 0.3 is 5.97 Å². The number of benzene rings is 1. The number of carboxylic acids is 1. The average molecular weight is 245 g/mol. The maximum absolute atomic E-state index is 11.1. The van der Waals surface area contributed by atoms with Crippen LogP contribution in [0.25, 0.3) is 0 Å². The summed E-state index contributed by atoms with van der Waals surface area (Å²) in [6.45, 7) is 1.83. The Balaban J connectivity index is 3.57. The monoisotopic (exact) mass is 244 g/mol. The highest BCUT2D eigenvalue weighted by atomic mass is 35.5. The van der Waals surface area contributed by atoms with E-state index in [9.17, 15) is 4.79 Å². The number of methoxy groups -OCH3 is 2. The van der Waals surface area contributed by atoms with E-state index in [4.69, 9.17) is 26.2 Å². The van der Waals surface area contributed by atoms with Crippen molar-refractivity contribution in [1.29, 1.82) is 0 Å². The van der Waals surface area contributed by atoms with Crippen molar-refractivity contribution in [1.82, 2.24) is 0 Å². The van der Waals surface area contributed by atoms with Crippen LogP contribution in [0, 0.1) is 0 Å². The topological polar surface area (TPSA) is 55.8 Å². The average Bonchev–Trinajstić information content (AvgIpc) is 2.26. The van der Waals surface area contributed by atoms with Gasteiger partial charge in [0.05, 0.1) is 24.8 Å². The fourth-order valence-corrected chi connectivity index (χ4v) is 1.90.